The summed E-state index contributed by atoms with van der Waals surface area (Å²) in [7, 11) is 1.82. The van der Waals surface area contributed by atoms with Crippen molar-refractivity contribution in [1.29, 1.82) is 0 Å². The Kier molecular flexibility index (Phi) is 10.1. The first-order valence-corrected chi connectivity index (χ1v) is 10.1. The molecule has 8 nitrogen and oxygen atoms in total. The largest absolute Gasteiger partial charge is 0.375 e. The van der Waals surface area contributed by atoms with Gasteiger partial charge in [-0.1, -0.05) is 12.1 Å². The molecule has 0 bridgehead atoms. The number of aryl methyl sites for hydroxylation is 1. The number of ether oxygens (including phenoxy) is 2. The molecule has 0 aromatic heterocycles. The number of morpholine rings is 1. The number of hydrogen-bond acceptors (Lipinski definition) is 5. The van der Waals surface area contributed by atoms with Crippen LogP contribution in [0.3, 0.4) is 0 Å². The average Bonchev–Trinajstić information content (AvgIpc) is 3.26. The normalized spacial score (nSPS) is 22.2. The van der Waals surface area contributed by atoms with E-state index in [2.05, 4.69) is 15.2 Å². The second-order valence-corrected chi connectivity index (χ2v) is 7.26. The Hall–Kier alpha value is -1.46. The number of nitrogens with zero attached hydrogens (tertiary/aromatic N) is 3. The number of rotatable bonds is 7. The number of aliphatic imine (C=N–C) groups is 1. The van der Waals surface area contributed by atoms with E-state index >= 15 is 0 Å². The van der Waals surface area contributed by atoms with Gasteiger partial charge in [0, 0.05) is 45.4 Å². The number of unbranched alkanes of at least 4 members (excludes halogenated alkanes) is 1. The summed E-state index contributed by atoms with van der Waals surface area (Å²) in [5.41, 5.74) is 1.27. The lowest BCUT2D eigenvalue weighted by Gasteiger charge is -2.37. The van der Waals surface area contributed by atoms with Gasteiger partial charge in [-0.25, -0.2) is 0 Å². The number of benzene rings is 1. The van der Waals surface area contributed by atoms with Crippen LogP contribution in [0.1, 0.15) is 31.2 Å². The van der Waals surface area contributed by atoms with Crippen molar-refractivity contribution in [2.45, 2.75) is 44.3 Å². The SMILES string of the molecule is CN=C(NCCCCc1ccc([N+](=O)[O-])cc1)N1CCOC(C2CCCO2)C1.I. The van der Waals surface area contributed by atoms with Crippen LogP contribution in [-0.4, -0.2) is 67.9 Å². The Morgan fingerprint density at radius 2 is 2.00 bits per heavy atom. The zero-order chi connectivity index (χ0) is 19.8. The summed E-state index contributed by atoms with van der Waals surface area (Å²) in [4.78, 5) is 17.0. The Bertz CT molecular complexity index is 665. The molecule has 2 fully saturated rings. The van der Waals surface area contributed by atoms with Crippen LogP contribution in [-0.2, 0) is 15.9 Å². The monoisotopic (exact) mass is 518 g/mol. The molecule has 2 saturated heterocycles. The fourth-order valence-corrected chi connectivity index (χ4v) is 3.76. The first-order valence-electron chi connectivity index (χ1n) is 10.1. The van der Waals surface area contributed by atoms with Crippen molar-refractivity contribution in [3.63, 3.8) is 0 Å². The van der Waals surface area contributed by atoms with Crippen LogP contribution < -0.4 is 5.32 Å². The predicted octanol–water partition coefficient (Wildman–Crippen LogP) is 2.99. The summed E-state index contributed by atoms with van der Waals surface area (Å²) in [6.45, 7) is 4.04. The third-order valence-electron chi connectivity index (χ3n) is 5.31. The standard InChI is InChI=1S/C20H30N4O4.HI/c1-21-20(23-12-14-28-19(15-23)18-6-4-13-27-18)22-11-3-2-5-16-7-9-17(10-8-16)24(25)26;/h7-10,18-19H,2-6,11-15H2,1H3,(H,21,22);1H. The van der Waals surface area contributed by atoms with Crippen LogP contribution in [0.15, 0.2) is 29.3 Å². The quantitative estimate of drug-likeness (QED) is 0.149. The molecule has 0 amide bonds. The van der Waals surface area contributed by atoms with E-state index in [-0.39, 0.29) is 46.8 Å². The molecule has 2 heterocycles. The van der Waals surface area contributed by atoms with Gasteiger partial charge in [-0.2, -0.15) is 0 Å². The van der Waals surface area contributed by atoms with E-state index in [0.29, 0.717) is 6.61 Å². The smallest absolute Gasteiger partial charge is 0.269 e. The number of nitro benzene ring substituents is 1. The average molecular weight is 518 g/mol. The topological polar surface area (TPSA) is 89.2 Å². The first-order chi connectivity index (χ1) is 13.7. The maximum absolute atomic E-state index is 10.7. The molecule has 2 aliphatic heterocycles. The fraction of sp³-hybridized carbons (Fsp3) is 0.650. The molecule has 1 N–H and O–H groups in total. The molecule has 2 unspecified atom stereocenters. The van der Waals surface area contributed by atoms with Crippen molar-refractivity contribution in [1.82, 2.24) is 10.2 Å². The molecule has 3 rings (SSSR count). The van der Waals surface area contributed by atoms with Crippen molar-refractivity contribution in [3.05, 3.63) is 39.9 Å². The van der Waals surface area contributed by atoms with Gasteiger partial charge >= 0.3 is 0 Å². The molecular formula is C20H31IN4O4. The second-order valence-electron chi connectivity index (χ2n) is 7.26. The molecule has 162 valence electrons. The van der Waals surface area contributed by atoms with E-state index in [4.69, 9.17) is 9.47 Å². The van der Waals surface area contributed by atoms with Crippen molar-refractivity contribution in [2.75, 3.05) is 39.9 Å². The maximum atomic E-state index is 10.7. The van der Waals surface area contributed by atoms with E-state index < -0.39 is 0 Å². The molecule has 2 atom stereocenters. The highest BCUT2D eigenvalue weighted by molar-refractivity contribution is 14.0. The van der Waals surface area contributed by atoms with Gasteiger partial charge in [-0.3, -0.25) is 15.1 Å². The lowest BCUT2D eigenvalue weighted by atomic mass is 10.1. The van der Waals surface area contributed by atoms with Gasteiger partial charge < -0.3 is 19.7 Å². The second kappa shape index (κ2) is 12.3. The van der Waals surface area contributed by atoms with E-state index in [1.54, 1.807) is 12.1 Å². The third kappa shape index (κ3) is 7.07. The van der Waals surface area contributed by atoms with Crippen LogP contribution in [0, 0.1) is 10.1 Å². The fourth-order valence-electron chi connectivity index (χ4n) is 3.76. The molecule has 9 heteroatoms. The van der Waals surface area contributed by atoms with Gasteiger partial charge in [-0.05, 0) is 37.7 Å². The number of hydrogen-bond donors (Lipinski definition) is 1. The predicted molar refractivity (Wildman–Crippen MR) is 123 cm³/mol. The lowest BCUT2D eigenvalue weighted by Crippen LogP contribution is -2.53. The Morgan fingerprint density at radius 1 is 1.24 bits per heavy atom. The van der Waals surface area contributed by atoms with Crippen molar-refractivity contribution in [3.8, 4) is 0 Å². The Morgan fingerprint density at radius 3 is 2.66 bits per heavy atom. The summed E-state index contributed by atoms with van der Waals surface area (Å²) in [6.07, 6.45) is 5.47. The van der Waals surface area contributed by atoms with Gasteiger partial charge in [0.25, 0.3) is 5.69 Å². The Balaban J connectivity index is 0.00000300. The molecule has 0 spiro atoms. The summed E-state index contributed by atoms with van der Waals surface area (Å²) < 4.78 is 11.7. The van der Waals surface area contributed by atoms with E-state index in [1.165, 1.54) is 0 Å². The highest BCUT2D eigenvalue weighted by Gasteiger charge is 2.32. The van der Waals surface area contributed by atoms with Crippen LogP contribution in [0.5, 0.6) is 0 Å². The summed E-state index contributed by atoms with van der Waals surface area (Å²) in [6, 6.07) is 6.81. The molecule has 1 aromatic carbocycles. The van der Waals surface area contributed by atoms with Crippen LogP contribution >= 0.6 is 24.0 Å². The minimum atomic E-state index is -0.367. The zero-order valence-corrected chi connectivity index (χ0v) is 19.2. The summed E-state index contributed by atoms with van der Waals surface area (Å²) >= 11 is 0. The Labute approximate surface area is 189 Å². The van der Waals surface area contributed by atoms with Gasteiger partial charge in [0.05, 0.1) is 17.6 Å². The van der Waals surface area contributed by atoms with Crippen molar-refractivity contribution >= 4 is 35.6 Å². The van der Waals surface area contributed by atoms with Crippen LogP contribution in [0.25, 0.3) is 0 Å². The molecule has 0 aliphatic carbocycles. The summed E-state index contributed by atoms with van der Waals surface area (Å²) in [5, 5.41) is 14.1. The molecule has 29 heavy (non-hydrogen) atoms. The lowest BCUT2D eigenvalue weighted by molar-refractivity contribution is -0.384. The van der Waals surface area contributed by atoms with E-state index in [9.17, 15) is 10.1 Å². The highest BCUT2D eigenvalue weighted by Crippen LogP contribution is 2.21. The highest BCUT2D eigenvalue weighted by atomic mass is 127. The molecular weight excluding hydrogens is 487 g/mol. The van der Waals surface area contributed by atoms with Crippen LogP contribution in [0.4, 0.5) is 5.69 Å². The number of nitro groups is 1. The van der Waals surface area contributed by atoms with Crippen LogP contribution in [0.2, 0.25) is 0 Å². The maximum Gasteiger partial charge on any atom is 0.269 e. The molecule has 0 saturated carbocycles. The minimum Gasteiger partial charge on any atom is -0.375 e. The summed E-state index contributed by atoms with van der Waals surface area (Å²) in [5.74, 6) is 0.918. The van der Waals surface area contributed by atoms with Gasteiger partial charge in [0.2, 0.25) is 0 Å². The molecule has 0 radical (unpaired) electrons. The van der Waals surface area contributed by atoms with Gasteiger partial charge in [-0.15, -0.1) is 24.0 Å². The third-order valence-corrected chi connectivity index (χ3v) is 5.31. The van der Waals surface area contributed by atoms with Crippen molar-refractivity contribution in [2.24, 2.45) is 4.99 Å². The number of nitrogens with one attached hydrogen (secondary N) is 1. The number of guanidine groups is 1. The molecule has 2 aliphatic rings. The minimum absolute atomic E-state index is 0. The first kappa shape index (κ1) is 23.8. The van der Waals surface area contributed by atoms with E-state index in [1.807, 2.05) is 19.2 Å². The number of halogens is 1. The van der Waals surface area contributed by atoms with E-state index in [0.717, 1.165) is 69.9 Å². The van der Waals surface area contributed by atoms with Crippen molar-refractivity contribution < 1.29 is 14.4 Å². The van der Waals surface area contributed by atoms with Gasteiger partial charge in [0.15, 0.2) is 5.96 Å². The zero-order valence-electron chi connectivity index (χ0n) is 16.9. The number of non-ortho nitro benzene ring substituents is 1. The van der Waals surface area contributed by atoms with Gasteiger partial charge in [0.1, 0.15) is 6.10 Å². The molecule has 1 aromatic rings.